The fraction of sp³-hybridized carbons (Fsp3) is 0.588. The fourth-order valence-electron chi connectivity index (χ4n) is 3.02. The maximum Gasteiger partial charge on any atom is 0.227 e. The molecule has 0 bridgehead atoms. The molecule has 3 nitrogen and oxygen atoms in total. The third kappa shape index (κ3) is 3.40. The highest BCUT2D eigenvalue weighted by Crippen LogP contribution is 2.31. The van der Waals surface area contributed by atoms with Gasteiger partial charge >= 0.3 is 0 Å². The Morgan fingerprint density at radius 2 is 2.15 bits per heavy atom. The number of fused-ring (bicyclic) bond motifs is 1. The monoisotopic (exact) mass is 275 g/mol. The normalized spacial score (nSPS) is 19.5. The van der Waals surface area contributed by atoms with Crippen LogP contribution in [0.4, 0.5) is 0 Å². The van der Waals surface area contributed by atoms with Gasteiger partial charge in [-0.2, -0.15) is 0 Å². The second-order valence-electron chi connectivity index (χ2n) is 6.02. The number of hydrogen-bond acceptors (Lipinski definition) is 2. The van der Waals surface area contributed by atoms with E-state index in [4.69, 9.17) is 5.11 Å². The zero-order valence-corrected chi connectivity index (χ0v) is 12.4. The summed E-state index contributed by atoms with van der Waals surface area (Å²) in [4.78, 5) is 12.6. The van der Waals surface area contributed by atoms with Crippen molar-refractivity contribution in [1.29, 1.82) is 0 Å². The maximum absolute atomic E-state index is 12.6. The van der Waals surface area contributed by atoms with E-state index in [1.165, 1.54) is 11.1 Å². The van der Waals surface area contributed by atoms with E-state index in [1.54, 1.807) is 0 Å². The highest BCUT2D eigenvalue weighted by molar-refractivity contribution is 5.84. The highest BCUT2D eigenvalue weighted by Gasteiger charge is 2.28. The Bertz CT molecular complexity index is 456. The summed E-state index contributed by atoms with van der Waals surface area (Å²) in [6, 6.07) is 8.32. The minimum atomic E-state index is -0.0279. The van der Waals surface area contributed by atoms with Crippen molar-refractivity contribution < 1.29 is 9.90 Å². The van der Waals surface area contributed by atoms with Gasteiger partial charge in [-0.05, 0) is 42.7 Å². The molecular formula is C17H25NO2. The Morgan fingerprint density at radius 3 is 2.85 bits per heavy atom. The first-order valence-electron chi connectivity index (χ1n) is 7.62. The SMILES string of the molecule is CC(C)C(CCO)NC(=O)C1CCCc2ccccc21. The van der Waals surface area contributed by atoms with E-state index in [0.29, 0.717) is 12.3 Å². The van der Waals surface area contributed by atoms with Gasteiger partial charge in [-0.25, -0.2) is 0 Å². The molecule has 2 atom stereocenters. The van der Waals surface area contributed by atoms with E-state index in [0.717, 1.165) is 19.3 Å². The van der Waals surface area contributed by atoms with Gasteiger partial charge in [-0.3, -0.25) is 4.79 Å². The molecule has 2 N–H and O–H groups in total. The van der Waals surface area contributed by atoms with Crippen molar-refractivity contribution in [3.63, 3.8) is 0 Å². The van der Waals surface area contributed by atoms with E-state index in [-0.39, 0.29) is 24.5 Å². The molecule has 1 aliphatic rings. The van der Waals surface area contributed by atoms with E-state index in [9.17, 15) is 4.79 Å². The van der Waals surface area contributed by atoms with E-state index in [2.05, 4.69) is 31.3 Å². The molecule has 0 spiro atoms. The average Bonchev–Trinajstić information content (AvgIpc) is 2.46. The third-order valence-corrected chi connectivity index (χ3v) is 4.26. The number of carbonyl (C=O) groups excluding carboxylic acids is 1. The summed E-state index contributed by atoms with van der Waals surface area (Å²) in [5.74, 6) is 0.425. The first-order valence-corrected chi connectivity index (χ1v) is 7.62. The number of benzene rings is 1. The summed E-state index contributed by atoms with van der Waals surface area (Å²) in [6.07, 6.45) is 3.69. The Kier molecular flexibility index (Phi) is 5.18. The molecule has 1 aromatic carbocycles. The molecule has 0 saturated carbocycles. The Morgan fingerprint density at radius 1 is 1.40 bits per heavy atom. The van der Waals surface area contributed by atoms with Crippen LogP contribution in [0.25, 0.3) is 0 Å². The van der Waals surface area contributed by atoms with Crippen molar-refractivity contribution in [3.05, 3.63) is 35.4 Å². The molecule has 20 heavy (non-hydrogen) atoms. The van der Waals surface area contributed by atoms with Crippen LogP contribution in [0, 0.1) is 5.92 Å². The number of nitrogens with one attached hydrogen (secondary N) is 1. The van der Waals surface area contributed by atoms with Crippen LogP contribution < -0.4 is 5.32 Å². The fourth-order valence-corrected chi connectivity index (χ4v) is 3.02. The lowest BCUT2D eigenvalue weighted by molar-refractivity contribution is -0.124. The Labute approximate surface area is 121 Å². The topological polar surface area (TPSA) is 49.3 Å². The van der Waals surface area contributed by atoms with Crippen LogP contribution in [0.3, 0.4) is 0 Å². The van der Waals surface area contributed by atoms with Crippen LogP contribution in [0.1, 0.15) is 50.2 Å². The number of aliphatic hydroxyl groups is 1. The van der Waals surface area contributed by atoms with Crippen LogP contribution >= 0.6 is 0 Å². The predicted molar refractivity (Wildman–Crippen MR) is 80.6 cm³/mol. The largest absolute Gasteiger partial charge is 0.396 e. The number of amides is 1. The number of aliphatic hydroxyl groups excluding tert-OH is 1. The van der Waals surface area contributed by atoms with Gasteiger partial charge in [0, 0.05) is 12.6 Å². The minimum Gasteiger partial charge on any atom is -0.396 e. The first-order chi connectivity index (χ1) is 9.63. The second-order valence-corrected chi connectivity index (χ2v) is 6.02. The van der Waals surface area contributed by atoms with Crippen LogP contribution in [0.2, 0.25) is 0 Å². The molecule has 1 aliphatic carbocycles. The van der Waals surface area contributed by atoms with Crippen LogP contribution in [0.5, 0.6) is 0 Å². The summed E-state index contributed by atoms with van der Waals surface area (Å²) in [5.41, 5.74) is 2.49. The summed E-state index contributed by atoms with van der Waals surface area (Å²) in [7, 11) is 0. The van der Waals surface area contributed by atoms with Gasteiger partial charge < -0.3 is 10.4 Å². The number of carbonyl (C=O) groups is 1. The summed E-state index contributed by atoms with van der Waals surface area (Å²) in [6.45, 7) is 4.27. The van der Waals surface area contributed by atoms with Gasteiger partial charge in [0.05, 0.1) is 5.92 Å². The zero-order chi connectivity index (χ0) is 14.5. The van der Waals surface area contributed by atoms with Crippen molar-refractivity contribution in [2.24, 2.45) is 5.92 Å². The lowest BCUT2D eigenvalue weighted by atomic mass is 9.82. The molecule has 0 heterocycles. The molecule has 0 aromatic heterocycles. The molecule has 110 valence electrons. The van der Waals surface area contributed by atoms with Crippen molar-refractivity contribution in [2.75, 3.05) is 6.61 Å². The standard InChI is InChI=1S/C17H25NO2/c1-12(2)16(10-11-19)18-17(20)15-9-5-7-13-6-3-4-8-14(13)15/h3-4,6,8,12,15-16,19H,5,7,9-11H2,1-2H3,(H,18,20). The molecular weight excluding hydrogens is 250 g/mol. The molecule has 1 aromatic rings. The molecule has 0 fully saturated rings. The molecule has 0 aliphatic heterocycles. The number of rotatable bonds is 5. The molecule has 0 radical (unpaired) electrons. The van der Waals surface area contributed by atoms with Gasteiger partial charge in [0.2, 0.25) is 5.91 Å². The highest BCUT2D eigenvalue weighted by atomic mass is 16.3. The molecule has 3 heteroatoms. The van der Waals surface area contributed by atoms with Gasteiger partial charge in [-0.1, -0.05) is 38.1 Å². The molecule has 1 amide bonds. The number of hydrogen-bond donors (Lipinski definition) is 2. The van der Waals surface area contributed by atoms with Crippen molar-refractivity contribution >= 4 is 5.91 Å². The average molecular weight is 275 g/mol. The van der Waals surface area contributed by atoms with Crippen LogP contribution in [0.15, 0.2) is 24.3 Å². The minimum absolute atomic E-state index is 0.0279. The van der Waals surface area contributed by atoms with Gasteiger partial charge in [0.1, 0.15) is 0 Å². The molecule has 2 unspecified atom stereocenters. The maximum atomic E-state index is 12.6. The Balaban J connectivity index is 2.10. The summed E-state index contributed by atoms with van der Waals surface area (Å²) < 4.78 is 0. The lowest BCUT2D eigenvalue weighted by Gasteiger charge is -2.28. The van der Waals surface area contributed by atoms with Crippen LogP contribution in [-0.4, -0.2) is 23.7 Å². The van der Waals surface area contributed by atoms with Crippen LogP contribution in [-0.2, 0) is 11.2 Å². The number of aryl methyl sites for hydroxylation is 1. The molecule has 0 saturated heterocycles. The summed E-state index contributed by atoms with van der Waals surface area (Å²) >= 11 is 0. The first kappa shape index (κ1) is 15.0. The second kappa shape index (κ2) is 6.89. The van der Waals surface area contributed by atoms with Crippen molar-refractivity contribution in [2.45, 2.75) is 51.5 Å². The third-order valence-electron chi connectivity index (χ3n) is 4.26. The summed E-state index contributed by atoms with van der Waals surface area (Å²) in [5, 5.41) is 12.2. The van der Waals surface area contributed by atoms with Gasteiger partial charge in [0.15, 0.2) is 0 Å². The van der Waals surface area contributed by atoms with Gasteiger partial charge in [-0.15, -0.1) is 0 Å². The Hall–Kier alpha value is -1.35. The zero-order valence-electron chi connectivity index (χ0n) is 12.4. The van der Waals surface area contributed by atoms with E-state index >= 15 is 0 Å². The smallest absolute Gasteiger partial charge is 0.227 e. The van der Waals surface area contributed by atoms with Gasteiger partial charge in [0.25, 0.3) is 0 Å². The van der Waals surface area contributed by atoms with Crippen molar-refractivity contribution in [1.82, 2.24) is 5.32 Å². The van der Waals surface area contributed by atoms with E-state index in [1.807, 2.05) is 12.1 Å². The van der Waals surface area contributed by atoms with Crippen molar-refractivity contribution in [3.8, 4) is 0 Å². The predicted octanol–water partition coefficient (Wildman–Crippen LogP) is 2.63. The lowest BCUT2D eigenvalue weighted by Crippen LogP contribution is -2.42. The molecule has 2 rings (SSSR count). The van der Waals surface area contributed by atoms with E-state index < -0.39 is 0 Å². The quantitative estimate of drug-likeness (QED) is 0.868.